The van der Waals surface area contributed by atoms with Gasteiger partial charge in [-0.3, -0.25) is 0 Å². The molecule has 0 radical (unpaired) electrons. The molecule has 3 aromatic rings. The van der Waals surface area contributed by atoms with Gasteiger partial charge in [0, 0.05) is 23.5 Å². The molecule has 0 spiro atoms. The molecule has 0 saturated heterocycles. The van der Waals surface area contributed by atoms with Crippen LogP contribution in [0.4, 0.5) is 4.39 Å². The minimum absolute atomic E-state index is 0.191. The molecule has 1 aromatic heterocycles. The van der Waals surface area contributed by atoms with E-state index in [9.17, 15) is 14.6 Å². The molecule has 152 valence electrons. The lowest BCUT2D eigenvalue weighted by atomic mass is 10.0. The van der Waals surface area contributed by atoms with Gasteiger partial charge >= 0.3 is 0 Å². The van der Waals surface area contributed by atoms with Crippen LogP contribution in [0.3, 0.4) is 0 Å². The predicted molar refractivity (Wildman–Crippen MR) is 114 cm³/mol. The summed E-state index contributed by atoms with van der Waals surface area (Å²) in [5.41, 5.74) is 3.08. The summed E-state index contributed by atoms with van der Waals surface area (Å²) in [5, 5.41) is 18.9. The van der Waals surface area contributed by atoms with Crippen molar-refractivity contribution < 1.29 is 14.6 Å². The van der Waals surface area contributed by atoms with Gasteiger partial charge in [0.05, 0.1) is 6.61 Å². The number of nitrogens with zero attached hydrogens (tertiary/aromatic N) is 2. The Morgan fingerprint density at radius 1 is 1.10 bits per heavy atom. The van der Waals surface area contributed by atoms with Crippen molar-refractivity contribution in [3.05, 3.63) is 77.6 Å². The molecular weight excluding hydrogens is 367 g/mol. The van der Waals surface area contributed by atoms with Crippen LogP contribution in [0.2, 0.25) is 0 Å². The summed E-state index contributed by atoms with van der Waals surface area (Å²) < 4.78 is 15.9. The summed E-state index contributed by atoms with van der Waals surface area (Å²) in [4.78, 5) is 4.02. The van der Waals surface area contributed by atoms with Gasteiger partial charge in [-0.25, -0.2) is 9.37 Å². The molecule has 1 heterocycles. The first-order valence-corrected chi connectivity index (χ1v) is 9.80. The lowest BCUT2D eigenvalue weighted by Gasteiger charge is -2.11. The van der Waals surface area contributed by atoms with E-state index >= 15 is 0 Å². The van der Waals surface area contributed by atoms with E-state index in [1.165, 1.54) is 0 Å². The molecule has 5 heteroatoms. The van der Waals surface area contributed by atoms with Crippen LogP contribution in [0.5, 0.6) is 0 Å². The maximum absolute atomic E-state index is 14.3. The third-order valence-electron chi connectivity index (χ3n) is 4.42. The van der Waals surface area contributed by atoms with Crippen molar-refractivity contribution in [2.75, 3.05) is 6.61 Å². The van der Waals surface area contributed by atoms with Crippen LogP contribution in [0, 0.1) is 17.7 Å². The molecule has 0 amide bonds. The number of aliphatic hydroxyl groups is 2. The normalized spacial score (nSPS) is 11.1. The molecule has 2 N–H and O–H groups in total. The molecular formula is C24H27FN2O2. The van der Waals surface area contributed by atoms with E-state index in [1.54, 1.807) is 29.1 Å². The summed E-state index contributed by atoms with van der Waals surface area (Å²) >= 11 is 0. The van der Waals surface area contributed by atoms with Crippen molar-refractivity contribution in [2.45, 2.75) is 39.8 Å². The molecule has 0 bridgehead atoms. The minimum Gasteiger partial charge on any atom is -0.393 e. The van der Waals surface area contributed by atoms with Gasteiger partial charge in [-0.15, -0.1) is 0 Å². The summed E-state index contributed by atoms with van der Waals surface area (Å²) in [6, 6.07) is 12.1. The quantitative estimate of drug-likeness (QED) is 0.633. The maximum atomic E-state index is 14.3. The fourth-order valence-corrected chi connectivity index (χ4v) is 2.87. The monoisotopic (exact) mass is 394 g/mol. The Morgan fingerprint density at radius 3 is 2.41 bits per heavy atom. The second kappa shape index (κ2) is 11.2. The third-order valence-corrected chi connectivity index (χ3v) is 4.42. The largest absolute Gasteiger partial charge is 0.393 e. The van der Waals surface area contributed by atoms with Crippen molar-refractivity contribution in [2.24, 2.45) is 0 Å². The topological polar surface area (TPSA) is 58.3 Å². The maximum Gasteiger partial charge on any atom is 0.135 e. The van der Waals surface area contributed by atoms with Gasteiger partial charge in [0.15, 0.2) is 0 Å². The number of benzene rings is 2. The van der Waals surface area contributed by atoms with Crippen LogP contribution in [0.25, 0.3) is 11.1 Å². The van der Waals surface area contributed by atoms with Crippen molar-refractivity contribution in [3.63, 3.8) is 0 Å². The molecule has 1 atom stereocenters. The van der Waals surface area contributed by atoms with Crippen molar-refractivity contribution in [1.29, 1.82) is 0 Å². The van der Waals surface area contributed by atoms with E-state index in [4.69, 9.17) is 0 Å². The van der Waals surface area contributed by atoms with Gasteiger partial charge < -0.3 is 14.8 Å². The van der Waals surface area contributed by atoms with Crippen LogP contribution in [0.1, 0.15) is 43.8 Å². The second-order valence-corrected chi connectivity index (χ2v) is 6.12. The predicted octanol–water partition coefficient (Wildman–Crippen LogP) is 4.36. The summed E-state index contributed by atoms with van der Waals surface area (Å²) in [7, 11) is 0. The molecule has 29 heavy (non-hydrogen) atoms. The summed E-state index contributed by atoms with van der Waals surface area (Å²) in [5.74, 6) is 6.22. The van der Waals surface area contributed by atoms with Gasteiger partial charge in [0.2, 0.25) is 0 Å². The van der Waals surface area contributed by atoms with E-state index in [1.807, 2.05) is 51.1 Å². The molecule has 0 aliphatic rings. The Balaban J connectivity index is 0.00000145. The molecule has 4 nitrogen and oxygen atoms in total. The van der Waals surface area contributed by atoms with Crippen LogP contribution >= 0.6 is 0 Å². The van der Waals surface area contributed by atoms with E-state index in [2.05, 4.69) is 16.8 Å². The van der Waals surface area contributed by atoms with E-state index in [-0.39, 0.29) is 19.0 Å². The van der Waals surface area contributed by atoms with Gasteiger partial charge in [0.25, 0.3) is 0 Å². The second-order valence-electron chi connectivity index (χ2n) is 6.12. The van der Waals surface area contributed by atoms with Crippen molar-refractivity contribution in [3.8, 4) is 23.0 Å². The number of rotatable bonds is 5. The first-order valence-electron chi connectivity index (χ1n) is 9.80. The number of hydrogen-bond acceptors (Lipinski definition) is 3. The highest BCUT2D eigenvalue weighted by Crippen LogP contribution is 2.24. The van der Waals surface area contributed by atoms with E-state index in [0.29, 0.717) is 11.4 Å². The van der Waals surface area contributed by atoms with Crippen LogP contribution in [0.15, 0.2) is 54.9 Å². The molecule has 0 saturated carbocycles. The fourth-order valence-electron chi connectivity index (χ4n) is 2.87. The Morgan fingerprint density at radius 2 is 1.83 bits per heavy atom. The highest BCUT2D eigenvalue weighted by atomic mass is 19.1. The third kappa shape index (κ3) is 5.54. The smallest absolute Gasteiger partial charge is 0.135 e. The zero-order chi connectivity index (χ0) is 21.2. The van der Waals surface area contributed by atoms with Gasteiger partial charge in [-0.1, -0.05) is 56.9 Å². The average molecular weight is 394 g/mol. The van der Waals surface area contributed by atoms with Gasteiger partial charge in [-0.05, 0) is 35.7 Å². The Kier molecular flexibility index (Phi) is 8.60. The SMILES string of the molecule is CC.CCc1ccc(-c2ccc(C#CC(CO)n3ccnc3CO)cc2)c(F)c1. The molecule has 0 aliphatic heterocycles. The summed E-state index contributed by atoms with van der Waals surface area (Å²) in [6.45, 7) is 5.58. The van der Waals surface area contributed by atoms with E-state index < -0.39 is 6.04 Å². The number of imidazole rings is 1. The zero-order valence-corrected chi connectivity index (χ0v) is 17.1. The molecule has 0 fully saturated rings. The number of aliphatic hydroxyl groups excluding tert-OH is 2. The number of aryl methyl sites for hydroxylation is 1. The minimum atomic E-state index is -0.492. The Labute approximate surface area is 171 Å². The van der Waals surface area contributed by atoms with Crippen LogP contribution in [-0.2, 0) is 13.0 Å². The standard InChI is InChI=1S/C22H21FN2O2.C2H6/c1-2-16-6-10-20(21(23)13-16)18-7-3-17(4-8-18)5-9-19(14-26)25-12-11-24-22(25)15-27;1-2/h3-4,6-8,10-13,19,26-27H,2,14-15H2,1H3;1-2H3. The van der Waals surface area contributed by atoms with Gasteiger partial charge in [-0.2, -0.15) is 0 Å². The summed E-state index contributed by atoms with van der Waals surface area (Å²) in [6.07, 6.45) is 4.03. The molecule has 3 rings (SSSR count). The highest BCUT2D eigenvalue weighted by Gasteiger charge is 2.10. The average Bonchev–Trinajstić information content (AvgIpc) is 3.25. The first-order chi connectivity index (χ1) is 14.2. The Bertz CT molecular complexity index is 969. The Hall–Kier alpha value is -2.94. The van der Waals surface area contributed by atoms with Crippen LogP contribution in [-0.4, -0.2) is 26.4 Å². The van der Waals surface area contributed by atoms with Gasteiger partial charge in [0.1, 0.15) is 24.3 Å². The van der Waals surface area contributed by atoms with E-state index in [0.717, 1.165) is 23.1 Å². The number of hydrogen-bond donors (Lipinski definition) is 2. The van der Waals surface area contributed by atoms with Crippen molar-refractivity contribution in [1.82, 2.24) is 9.55 Å². The number of halogens is 1. The van der Waals surface area contributed by atoms with Crippen LogP contribution < -0.4 is 0 Å². The molecule has 0 aliphatic carbocycles. The lowest BCUT2D eigenvalue weighted by Crippen LogP contribution is -2.13. The number of aromatic nitrogens is 2. The highest BCUT2D eigenvalue weighted by molar-refractivity contribution is 5.65. The van der Waals surface area contributed by atoms with Crippen molar-refractivity contribution >= 4 is 0 Å². The molecule has 2 aromatic carbocycles. The lowest BCUT2D eigenvalue weighted by molar-refractivity contribution is 0.235. The first kappa shape index (κ1) is 22.4. The molecule has 1 unspecified atom stereocenters. The fraction of sp³-hybridized carbons (Fsp3) is 0.292. The zero-order valence-electron chi connectivity index (χ0n) is 17.1.